The maximum absolute atomic E-state index is 12.2. The third-order valence-electron chi connectivity index (χ3n) is 3.74. The Kier molecular flexibility index (Phi) is 1.96. The Bertz CT molecular complexity index is 929. The van der Waals surface area contributed by atoms with Crippen molar-refractivity contribution >= 4 is 39.0 Å². The average Bonchev–Trinajstić information content (AvgIpc) is 2.44. The first-order chi connectivity index (χ1) is 9.66. The van der Waals surface area contributed by atoms with Gasteiger partial charge in [-0.25, -0.2) is 0 Å². The van der Waals surface area contributed by atoms with Crippen molar-refractivity contribution in [2.45, 2.75) is 0 Å². The van der Waals surface area contributed by atoms with Crippen molar-refractivity contribution in [3.05, 3.63) is 53.6 Å². The van der Waals surface area contributed by atoms with Gasteiger partial charge in [0.1, 0.15) is 0 Å². The van der Waals surface area contributed by atoms with Gasteiger partial charge in [-0.1, -0.05) is 30.3 Å². The third-order valence-corrected chi connectivity index (χ3v) is 3.74. The average molecular weight is 262 g/mol. The Balaban J connectivity index is 2.36. The summed E-state index contributed by atoms with van der Waals surface area (Å²) in [6, 6.07) is 13.1. The van der Waals surface area contributed by atoms with E-state index >= 15 is 0 Å². The number of fused-ring (bicyclic) bond motifs is 2. The largest absolute Gasteiger partial charge is 0.398 e. The van der Waals surface area contributed by atoms with E-state index in [1.54, 1.807) is 6.07 Å². The number of nitrogens with one attached hydrogen (secondary N) is 1. The van der Waals surface area contributed by atoms with Gasteiger partial charge in [0.15, 0.2) is 0 Å². The second-order valence-electron chi connectivity index (χ2n) is 4.88. The molecular weight excluding hydrogens is 252 g/mol. The summed E-state index contributed by atoms with van der Waals surface area (Å²) in [6.07, 6.45) is 0. The van der Waals surface area contributed by atoms with Gasteiger partial charge in [0.05, 0.1) is 11.1 Å². The number of hydrogen-bond acceptors (Lipinski definition) is 3. The molecule has 0 saturated heterocycles. The zero-order valence-electron chi connectivity index (χ0n) is 10.4. The summed E-state index contributed by atoms with van der Waals surface area (Å²) in [4.78, 5) is 24.3. The molecule has 0 fully saturated rings. The predicted molar refractivity (Wildman–Crippen MR) is 77.7 cm³/mol. The molecule has 2 amide bonds. The van der Waals surface area contributed by atoms with Crippen molar-refractivity contribution in [1.29, 1.82) is 0 Å². The van der Waals surface area contributed by atoms with Crippen LogP contribution in [0.3, 0.4) is 0 Å². The maximum atomic E-state index is 12.2. The van der Waals surface area contributed by atoms with E-state index in [9.17, 15) is 9.59 Å². The maximum Gasteiger partial charge on any atom is 0.260 e. The summed E-state index contributed by atoms with van der Waals surface area (Å²) in [5.74, 6) is -0.796. The molecule has 0 unspecified atom stereocenters. The van der Waals surface area contributed by atoms with Gasteiger partial charge in [0.25, 0.3) is 11.8 Å². The van der Waals surface area contributed by atoms with Crippen molar-refractivity contribution in [2.75, 3.05) is 5.73 Å². The molecular formula is C16H10N2O2. The van der Waals surface area contributed by atoms with Crippen molar-refractivity contribution in [1.82, 2.24) is 5.32 Å². The highest BCUT2D eigenvalue weighted by Crippen LogP contribution is 2.35. The second kappa shape index (κ2) is 3.57. The van der Waals surface area contributed by atoms with Gasteiger partial charge in [-0.15, -0.1) is 0 Å². The smallest absolute Gasteiger partial charge is 0.260 e. The highest BCUT2D eigenvalue weighted by atomic mass is 16.2. The van der Waals surface area contributed by atoms with Gasteiger partial charge in [0, 0.05) is 11.1 Å². The number of hydrogen-bond donors (Lipinski definition) is 2. The zero-order valence-corrected chi connectivity index (χ0v) is 10.4. The number of rotatable bonds is 0. The van der Waals surface area contributed by atoms with Crippen LogP contribution in [-0.4, -0.2) is 11.8 Å². The lowest BCUT2D eigenvalue weighted by Gasteiger charge is -2.20. The minimum Gasteiger partial charge on any atom is -0.398 e. The first kappa shape index (κ1) is 11.0. The van der Waals surface area contributed by atoms with E-state index < -0.39 is 5.91 Å². The monoisotopic (exact) mass is 262 g/mol. The topological polar surface area (TPSA) is 72.2 Å². The van der Waals surface area contributed by atoms with Crippen LogP contribution in [0.5, 0.6) is 0 Å². The van der Waals surface area contributed by atoms with Gasteiger partial charge < -0.3 is 5.73 Å². The lowest BCUT2D eigenvalue weighted by Crippen LogP contribution is -2.35. The predicted octanol–water partition coefficient (Wildman–Crippen LogP) is 2.46. The third kappa shape index (κ3) is 1.25. The molecule has 0 spiro atoms. The molecule has 20 heavy (non-hydrogen) atoms. The minimum atomic E-state index is -0.430. The Labute approximate surface area is 114 Å². The second-order valence-corrected chi connectivity index (χ2v) is 4.88. The summed E-state index contributed by atoms with van der Waals surface area (Å²) in [5.41, 5.74) is 7.22. The van der Waals surface area contributed by atoms with Gasteiger partial charge in [0.2, 0.25) is 0 Å². The lowest BCUT2D eigenvalue weighted by atomic mass is 9.90. The number of amides is 2. The number of anilines is 1. The van der Waals surface area contributed by atoms with E-state index in [1.807, 2.05) is 36.4 Å². The number of nitrogens with two attached hydrogens (primary N) is 1. The molecule has 1 heterocycles. The molecule has 0 saturated carbocycles. The molecule has 1 aliphatic heterocycles. The van der Waals surface area contributed by atoms with Crippen LogP contribution in [0.25, 0.3) is 21.5 Å². The number of carbonyl (C=O) groups is 2. The number of carbonyl (C=O) groups excluding carboxylic acids is 2. The first-order valence-electron chi connectivity index (χ1n) is 6.26. The molecule has 96 valence electrons. The summed E-state index contributed by atoms with van der Waals surface area (Å²) in [5, 5.41) is 5.67. The van der Waals surface area contributed by atoms with Crippen LogP contribution in [0.2, 0.25) is 0 Å². The Hall–Kier alpha value is -2.88. The van der Waals surface area contributed by atoms with E-state index in [1.165, 1.54) is 0 Å². The van der Waals surface area contributed by atoms with Crippen molar-refractivity contribution in [2.24, 2.45) is 0 Å². The van der Waals surface area contributed by atoms with Crippen LogP contribution in [0.1, 0.15) is 20.7 Å². The highest BCUT2D eigenvalue weighted by Gasteiger charge is 2.28. The van der Waals surface area contributed by atoms with E-state index in [0.29, 0.717) is 22.2 Å². The summed E-state index contributed by atoms with van der Waals surface area (Å²) in [7, 11) is 0. The Morgan fingerprint density at radius 3 is 2.45 bits per heavy atom. The van der Waals surface area contributed by atoms with Crippen molar-refractivity contribution in [3.8, 4) is 0 Å². The molecule has 3 N–H and O–H groups in total. The van der Waals surface area contributed by atoms with Gasteiger partial charge in [-0.2, -0.15) is 0 Å². The van der Waals surface area contributed by atoms with Crippen LogP contribution in [0.4, 0.5) is 5.69 Å². The molecule has 0 atom stereocenters. The Morgan fingerprint density at radius 1 is 0.850 bits per heavy atom. The molecule has 0 bridgehead atoms. The van der Waals surface area contributed by atoms with Gasteiger partial charge >= 0.3 is 0 Å². The molecule has 1 aliphatic rings. The van der Waals surface area contributed by atoms with E-state index in [2.05, 4.69) is 5.32 Å². The SMILES string of the molecule is Nc1ccc2cc3ccccc3c3c2c1C(=O)NC3=O. The minimum absolute atomic E-state index is 0.366. The summed E-state index contributed by atoms with van der Waals surface area (Å²) >= 11 is 0. The van der Waals surface area contributed by atoms with E-state index in [4.69, 9.17) is 5.73 Å². The number of nitrogen functional groups attached to an aromatic ring is 1. The quantitative estimate of drug-likeness (QED) is 0.371. The number of imide groups is 1. The molecule has 3 aromatic carbocycles. The van der Waals surface area contributed by atoms with Crippen molar-refractivity contribution in [3.63, 3.8) is 0 Å². The fourth-order valence-electron chi connectivity index (χ4n) is 2.89. The van der Waals surface area contributed by atoms with Crippen molar-refractivity contribution < 1.29 is 9.59 Å². The fourth-order valence-corrected chi connectivity index (χ4v) is 2.89. The van der Waals surface area contributed by atoms with Crippen LogP contribution < -0.4 is 11.1 Å². The molecule has 0 aliphatic carbocycles. The molecule has 4 rings (SSSR count). The standard InChI is InChI=1S/C16H10N2O2/c17-11-6-5-9-7-8-3-1-2-4-10(8)13-12(9)14(11)16(20)18-15(13)19/h1-7H,17H2,(H,18,19,20). The first-order valence-corrected chi connectivity index (χ1v) is 6.26. The Morgan fingerprint density at radius 2 is 1.60 bits per heavy atom. The highest BCUT2D eigenvalue weighted by molar-refractivity contribution is 6.31. The van der Waals surface area contributed by atoms with Crippen LogP contribution in [-0.2, 0) is 0 Å². The molecule has 4 nitrogen and oxygen atoms in total. The molecule has 3 aromatic rings. The van der Waals surface area contributed by atoms with Gasteiger partial charge in [-0.05, 0) is 28.3 Å². The zero-order chi connectivity index (χ0) is 13.9. The molecule has 0 aromatic heterocycles. The van der Waals surface area contributed by atoms with Crippen LogP contribution in [0.15, 0.2) is 42.5 Å². The van der Waals surface area contributed by atoms with E-state index in [0.717, 1.165) is 16.2 Å². The van der Waals surface area contributed by atoms with Gasteiger partial charge in [-0.3, -0.25) is 14.9 Å². The lowest BCUT2D eigenvalue weighted by molar-refractivity contribution is 0.0846. The molecule has 0 radical (unpaired) electrons. The van der Waals surface area contributed by atoms with Crippen LogP contribution in [0, 0.1) is 0 Å². The normalized spacial score (nSPS) is 13.8. The molecule has 4 heteroatoms. The fraction of sp³-hybridized carbons (Fsp3) is 0. The summed E-state index contributed by atoms with van der Waals surface area (Å²) < 4.78 is 0. The van der Waals surface area contributed by atoms with E-state index in [-0.39, 0.29) is 5.91 Å². The van der Waals surface area contributed by atoms with Crippen LogP contribution >= 0.6 is 0 Å². The summed E-state index contributed by atoms with van der Waals surface area (Å²) in [6.45, 7) is 0. The number of benzene rings is 3.